The van der Waals surface area contributed by atoms with Gasteiger partial charge in [-0.05, 0) is 42.8 Å². The van der Waals surface area contributed by atoms with E-state index in [4.69, 9.17) is 20.8 Å². The predicted molar refractivity (Wildman–Crippen MR) is 86.6 cm³/mol. The maximum atomic E-state index is 11.8. The minimum absolute atomic E-state index is 0.244. The first-order valence-electron chi connectivity index (χ1n) is 6.99. The third-order valence-corrected chi connectivity index (χ3v) is 3.21. The lowest BCUT2D eigenvalue weighted by atomic mass is 10.2. The number of carbonyl (C=O) groups is 2. The predicted octanol–water partition coefficient (Wildman–Crippen LogP) is 3.19. The van der Waals surface area contributed by atoms with Gasteiger partial charge in [0.15, 0.2) is 6.10 Å². The van der Waals surface area contributed by atoms with Gasteiger partial charge in [0.2, 0.25) is 0 Å². The number of esters is 1. The Morgan fingerprint density at radius 2 is 2.04 bits per heavy atom. The molecule has 0 saturated carbocycles. The van der Waals surface area contributed by atoms with Crippen LogP contribution in [-0.2, 0) is 20.9 Å². The maximum absolute atomic E-state index is 11.8. The van der Waals surface area contributed by atoms with E-state index in [9.17, 15) is 9.59 Å². The zero-order chi connectivity index (χ0) is 16.7. The van der Waals surface area contributed by atoms with Crippen LogP contribution in [0.25, 0.3) is 6.08 Å². The zero-order valence-electron chi connectivity index (χ0n) is 12.5. The van der Waals surface area contributed by atoms with Crippen molar-refractivity contribution >= 4 is 29.6 Å². The Kier molecular flexibility index (Phi) is 6.00. The van der Waals surface area contributed by atoms with Gasteiger partial charge in [-0.2, -0.15) is 0 Å². The number of carbonyl (C=O) groups excluding carboxylic acids is 2. The van der Waals surface area contributed by atoms with E-state index in [0.717, 1.165) is 5.56 Å². The first-order chi connectivity index (χ1) is 11.0. The number of furan rings is 1. The molecule has 120 valence electrons. The second-order valence-corrected chi connectivity index (χ2v) is 5.20. The van der Waals surface area contributed by atoms with Crippen LogP contribution in [0.5, 0.6) is 0 Å². The molecule has 2 rings (SSSR count). The first-order valence-corrected chi connectivity index (χ1v) is 7.37. The lowest BCUT2D eigenvalue weighted by molar-refractivity contribution is -0.150. The topological polar surface area (TPSA) is 68.5 Å². The summed E-state index contributed by atoms with van der Waals surface area (Å²) in [6.07, 6.45) is 3.48. The number of nitrogens with one attached hydrogen (secondary N) is 1. The van der Waals surface area contributed by atoms with Crippen LogP contribution in [0.3, 0.4) is 0 Å². The number of ether oxygens (including phenoxy) is 1. The minimum Gasteiger partial charge on any atom is -0.467 e. The average molecular weight is 334 g/mol. The van der Waals surface area contributed by atoms with Crippen molar-refractivity contribution in [1.29, 1.82) is 0 Å². The highest BCUT2D eigenvalue weighted by atomic mass is 35.5. The van der Waals surface area contributed by atoms with E-state index in [0.29, 0.717) is 10.8 Å². The maximum Gasteiger partial charge on any atom is 0.331 e. The van der Waals surface area contributed by atoms with Crippen molar-refractivity contribution in [3.8, 4) is 0 Å². The molecule has 0 aliphatic heterocycles. The molecule has 5 nitrogen and oxygen atoms in total. The Labute approximate surface area is 138 Å². The van der Waals surface area contributed by atoms with Crippen LogP contribution >= 0.6 is 11.6 Å². The molecular weight excluding hydrogens is 318 g/mol. The van der Waals surface area contributed by atoms with E-state index in [2.05, 4.69) is 5.32 Å². The van der Waals surface area contributed by atoms with Crippen LogP contribution in [0.2, 0.25) is 5.02 Å². The summed E-state index contributed by atoms with van der Waals surface area (Å²) in [5.41, 5.74) is 0.807. The zero-order valence-corrected chi connectivity index (χ0v) is 13.2. The number of halogens is 1. The van der Waals surface area contributed by atoms with Gasteiger partial charge in [0.05, 0.1) is 12.8 Å². The van der Waals surface area contributed by atoms with Crippen LogP contribution in [0, 0.1) is 0 Å². The summed E-state index contributed by atoms with van der Waals surface area (Å²) in [5.74, 6) is -0.366. The van der Waals surface area contributed by atoms with Gasteiger partial charge in [-0.3, -0.25) is 4.79 Å². The molecule has 0 bridgehead atoms. The molecule has 1 heterocycles. The number of benzene rings is 1. The molecule has 0 spiro atoms. The molecule has 6 heteroatoms. The number of rotatable bonds is 6. The van der Waals surface area contributed by atoms with Gasteiger partial charge in [0.25, 0.3) is 5.91 Å². The summed E-state index contributed by atoms with van der Waals surface area (Å²) in [5, 5.41) is 3.24. The molecule has 1 amide bonds. The normalized spacial score (nSPS) is 12.1. The largest absolute Gasteiger partial charge is 0.467 e. The molecule has 0 aliphatic carbocycles. The van der Waals surface area contributed by atoms with Gasteiger partial charge in [0, 0.05) is 11.1 Å². The summed E-state index contributed by atoms with van der Waals surface area (Å²) in [6, 6.07) is 10.4. The van der Waals surface area contributed by atoms with Crippen molar-refractivity contribution in [3.63, 3.8) is 0 Å². The fourth-order valence-corrected chi connectivity index (χ4v) is 1.86. The van der Waals surface area contributed by atoms with E-state index in [1.54, 1.807) is 42.5 Å². The average Bonchev–Trinajstić information content (AvgIpc) is 3.05. The Bertz CT molecular complexity index is 677. The highest BCUT2D eigenvalue weighted by Crippen LogP contribution is 2.10. The van der Waals surface area contributed by atoms with E-state index in [1.807, 2.05) is 0 Å². The van der Waals surface area contributed by atoms with Crippen molar-refractivity contribution < 1.29 is 18.7 Å². The second kappa shape index (κ2) is 8.19. The van der Waals surface area contributed by atoms with E-state index in [1.165, 1.54) is 19.3 Å². The lowest BCUT2D eigenvalue weighted by Gasteiger charge is -2.11. The van der Waals surface area contributed by atoms with Crippen LogP contribution in [-0.4, -0.2) is 18.0 Å². The van der Waals surface area contributed by atoms with Gasteiger partial charge in [-0.15, -0.1) is 0 Å². The number of hydrogen-bond donors (Lipinski definition) is 1. The molecule has 0 saturated heterocycles. The Morgan fingerprint density at radius 1 is 1.30 bits per heavy atom. The molecule has 0 fully saturated rings. The SMILES string of the molecule is CC(OC(=O)/C=C/c1ccc(Cl)cc1)C(=O)NCc1ccco1. The second-order valence-electron chi connectivity index (χ2n) is 4.76. The molecule has 23 heavy (non-hydrogen) atoms. The van der Waals surface area contributed by atoms with Crippen LogP contribution < -0.4 is 5.32 Å². The van der Waals surface area contributed by atoms with Crippen molar-refractivity contribution in [2.24, 2.45) is 0 Å². The Balaban J connectivity index is 1.79. The van der Waals surface area contributed by atoms with Crippen molar-refractivity contribution in [3.05, 3.63) is 65.1 Å². The molecule has 0 aliphatic rings. The molecule has 2 aromatic rings. The molecule has 1 unspecified atom stereocenters. The minimum atomic E-state index is -0.896. The van der Waals surface area contributed by atoms with E-state index in [-0.39, 0.29) is 6.54 Å². The quantitative estimate of drug-likeness (QED) is 0.651. The van der Waals surface area contributed by atoms with E-state index >= 15 is 0 Å². The number of amides is 1. The third-order valence-electron chi connectivity index (χ3n) is 2.96. The first kappa shape index (κ1) is 16.8. The van der Waals surface area contributed by atoms with Crippen LogP contribution in [0.15, 0.2) is 53.2 Å². The third kappa shape index (κ3) is 5.64. The van der Waals surface area contributed by atoms with Gasteiger partial charge in [-0.25, -0.2) is 4.79 Å². The van der Waals surface area contributed by atoms with E-state index < -0.39 is 18.0 Å². The Hall–Kier alpha value is -2.53. The standard InChI is InChI=1S/C17H16ClNO4/c1-12(17(21)19-11-15-3-2-10-22-15)23-16(20)9-6-13-4-7-14(18)8-5-13/h2-10,12H,11H2,1H3,(H,19,21)/b9-6+. The smallest absolute Gasteiger partial charge is 0.331 e. The van der Waals surface area contributed by atoms with Crippen molar-refractivity contribution in [2.75, 3.05) is 0 Å². The highest BCUT2D eigenvalue weighted by Gasteiger charge is 2.16. The molecule has 1 N–H and O–H groups in total. The van der Waals surface area contributed by atoms with Crippen molar-refractivity contribution in [1.82, 2.24) is 5.32 Å². The molecule has 1 aromatic heterocycles. The van der Waals surface area contributed by atoms with Gasteiger partial charge in [-0.1, -0.05) is 23.7 Å². The summed E-state index contributed by atoms with van der Waals surface area (Å²) >= 11 is 5.78. The summed E-state index contributed by atoms with van der Waals surface area (Å²) in [7, 11) is 0. The fourth-order valence-electron chi connectivity index (χ4n) is 1.74. The van der Waals surface area contributed by atoms with Crippen LogP contribution in [0.1, 0.15) is 18.2 Å². The molecule has 0 radical (unpaired) electrons. The number of hydrogen-bond acceptors (Lipinski definition) is 4. The van der Waals surface area contributed by atoms with Crippen LogP contribution in [0.4, 0.5) is 0 Å². The highest BCUT2D eigenvalue weighted by molar-refractivity contribution is 6.30. The summed E-state index contributed by atoms with van der Waals surface area (Å²) in [4.78, 5) is 23.5. The van der Waals surface area contributed by atoms with Crippen molar-refractivity contribution in [2.45, 2.75) is 19.6 Å². The molecular formula is C17H16ClNO4. The Morgan fingerprint density at radius 3 is 2.70 bits per heavy atom. The summed E-state index contributed by atoms with van der Waals surface area (Å²) < 4.78 is 10.1. The van der Waals surface area contributed by atoms with Gasteiger partial charge in [0.1, 0.15) is 5.76 Å². The lowest BCUT2D eigenvalue weighted by Crippen LogP contribution is -2.35. The van der Waals surface area contributed by atoms with Gasteiger partial charge < -0.3 is 14.5 Å². The fraction of sp³-hybridized carbons (Fsp3) is 0.176. The molecule has 1 aromatic carbocycles. The summed E-state index contributed by atoms with van der Waals surface area (Å²) in [6.45, 7) is 1.75. The monoisotopic (exact) mass is 333 g/mol. The van der Waals surface area contributed by atoms with Gasteiger partial charge >= 0.3 is 5.97 Å². The molecule has 1 atom stereocenters.